The average molecular weight is 283 g/mol. The molecule has 0 aromatic heterocycles. The Hall–Kier alpha value is -0.710. The molecule has 0 spiro atoms. The molecular formula is C14H21NO3S. The van der Waals surface area contributed by atoms with Gasteiger partial charge in [0.15, 0.2) is 0 Å². The van der Waals surface area contributed by atoms with Gasteiger partial charge in [0.25, 0.3) is 0 Å². The molecule has 0 atom stereocenters. The highest BCUT2D eigenvalue weighted by Gasteiger charge is 2.51. The third kappa shape index (κ3) is 2.91. The Morgan fingerprint density at radius 3 is 2.05 bits per heavy atom. The van der Waals surface area contributed by atoms with Crippen molar-refractivity contribution in [2.24, 2.45) is 17.8 Å². The van der Waals surface area contributed by atoms with Gasteiger partial charge in [0, 0.05) is 5.54 Å². The lowest BCUT2D eigenvalue weighted by molar-refractivity contribution is -0.133. The minimum Gasteiger partial charge on any atom is -0.481 e. The van der Waals surface area contributed by atoms with Crippen LogP contribution in [0, 0.1) is 17.8 Å². The zero-order valence-electron chi connectivity index (χ0n) is 11.1. The van der Waals surface area contributed by atoms with Crippen molar-refractivity contribution in [1.82, 2.24) is 5.32 Å². The summed E-state index contributed by atoms with van der Waals surface area (Å²) in [6, 6.07) is 0. The van der Waals surface area contributed by atoms with Crippen LogP contribution >= 0.6 is 11.8 Å². The first-order valence-corrected chi connectivity index (χ1v) is 8.31. The van der Waals surface area contributed by atoms with E-state index in [0.717, 1.165) is 37.0 Å². The Labute approximate surface area is 117 Å². The number of hydrogen-bond acceptors (Lipinski definition) is 3. The first-order valence-electron chi connectivity index (χ1n) is 7.15. The van der Waals surface area contributed by atoms with Gasteiger partial charge in [-0.25, -0.2) is 0 Å². The number of aliphatic carboxylic acids is 1. The van der Waals surface area contributed by atoms with E-state index in [9.17, 15) is 9.59 Å². The van der Waals surface area contributed by atoms with Crippen LogP contribution in [0.2, 0.25) is 0 Å². The fraction of sp³-hybridized carbons (Fsp3) is 0.857. The largest absolute Gasteiger partial charge is 0.481 e. The molecule has 0 radical (unpaired) electrons. The van der Waals surface area contributed by atoms with Crippen LogP contribution in [0.4, 0.5) is 0 Å². The standard InChI is InChI=1S/C14H21NO3S/c16-12(7-19-8-13(17)18)15-14-4-9-1-10(5-14)3-11(2-9)6-14/h9-11H,1-8H2,(H,15,16)(H,17,18). The number of thioether (sulfide) groups is 1. The summed E-state index contributed by atoms with van der Waals surface area (Å²) in [7, 11) is 0. The highest BCUT2D eigenvalue weighted by atomic mass is 32.2. The van der Waals surface area contributed by atoms with E-state index in [1.165, 1.54) is 31.0 Å². The number of carbonyl (C=O) groups excluding carboxylic acids is 1. The van der Waals surface area contributed by atoms with Crippen LogP contribution in [-0.2, 0) is 9.59 Å². The van der Waals surface area contributed by atoms with Crippen LogP contribution in [0.15, 0.2) is 0 Å². The van der Waals surface area contributed by atoms with E-state index in [1.807, 2.05) is 0 Å². The zero-order valence-corrected chi connectivity index (χ0v) is 11.9. The zero-order chi connectivity index (χ0) is 13.5. The van der Waals surface area contributed by atoms with E-state index < -0.39 is 5.97 Å². The molecule has 0 aliphatic heterocycles. The molecule has 0 heterocycles. The van der Waals surface area contributed by atoms with Gasteiger partial charge in [-0.2, -0.15) is 0 Å². The van der Waals surface area contributed by atoms with Crippen LogP contribution in [0.25, 0.3) is 0 Å². The monoisotopic (exact) mass is 283 g/mol. The fourth-order valence-electron chi connectivity index (χ4n) is 4.83. The predicted octanol–water partition coefficient (Wildman–Crippen LogP) is 1.89. The number of carboxylic acids is 1. The molecule has 0 aromatic rings. The fourth-order valence-corrected chi connectivity index (χ4v) is 5.36. The number of carboxylic acid groups (broad SMARTS) is 1. The molecule has 0 saturated heterocycles. The number of nitrogens with one attached hydrogen (secondary N) is 1. The Balaban J connectivity index is 1.54. The third-order valence-electron chi connectivity index (χ3n) is 4.90. The Morgan fingerprint density at radius 1 is 1.05 bits per heavy atom. The number of carbonyl (C=O) groups is 2. The van der Waals surface area contributed by atoms with Crippen molar-refractivity contribution >= 4 is 23.6 Å². The molecule has 4 aliphatic carbocycles. The van der Waals surface area contributed by atoms with E-state index in [0.29, 0.717) is 0 Å². The van der Waals surface area contributed by atoms with Gasteiger partial charge >= 0.3 is 5.97 Å². The van der Waals surface area contributed by atoms with E-state index >= 15 is 0 Å². The topological polar surface area (TPSA) is 66.4 Å². The minimum absolute atomic E-state index is 0.00823. The van der Waals surface area contributed by atoms with Gasteiger partial charge in [0.05, 0.1) is 11.5 Å². The highest BCUT2D eigenvalue weighted by Crippen LogP contribution is 2.55. The molecule has 4 rings (SSSR count). The van der Waals surface area contributed by atoms with Crippen molar-refractivity contribution in [1.29, 1.82) is 0 Å². The molecule has 4 bridgehead atoms. The normalized spacial score (nSPS) is 39.3. The van der Waals surface area contributed by atoms with Gasteiger partial charge in [-0.3, -0.25) is 9.59 Å². The quantitative estimate of drug-likeness (QED) is 0.808. The second-order valence-corrected chi connectivity index (χ2v) is 7.62. The molecule has 4 fully saturated rings. The summed E-state index contributed by atoms with van der Waals surface area (Å²) in [6.45, 7) is 0. The molecular weight excluding hydrogens is 262 g/mol. The summed E-state index contributed by atoms with van der Waals surface area (Å²) < 4.78 is 0. The van der Waals surface area contributed by atoms with Crippen LogP contribution in [0.3, 0.4) is 0 Å². The van der Waals surface area contributed by atoms with Crippen molar-refractivity contribution in [3.8, 4) is 0 Å². The van der Waals surface area contributed by atoms with Gasteiger partial charge in [-0.05, 0) is 56.3 Å². The average Bonchev–Trinajstić information content (AvgIpc) is 2.25. The molecule has 0 unspecified atom stereocenters. The Kier molecular flexibility index (Phi) is 3.50. The van der Waals surface area contributed by atoms with Gasteiger partial charge < -0.3 is 10.4 Å². The van der Waals surface area contributed by atoms with E-state index in [4.69, 9.17) is 5.11 Å². The van der Waals surface area contributed by atoms with Crippen molar-refractivity contribution in [3.05, 3.63) is 0 Å². The molecule has 1 amide bonds. The van der Waals surface area contributed by atoms with Gasteiger partial charge in [0.1, 0.15) is 0 Å². The maximum atomic E-state index is 12.0. The highest BCUT2D eigenvalue weighted by molar-refractivity contribution is 8.00. The van der Waals surface area contributed by atoms with Gasteiger partial charge in [0.2, 0.25) is 5.91 Å². The third-order valence-corrected chi connectivity index (χ3v) is 5.82. The second-order valence-electron chi connectivity index (χ2n) is 6.63. The van der Waals surface area contributed by atoms with E-state index in [1.54, 1.807) is 0 Å². The molecule has 2 N–H and O–H groups in total. The summed E-state index contributed by atoms with van der Waals surface area (Å²) in [4.78, 5) is 22.4. The van der Waals surface area contributed by atoms with Crippen LogP contribution < -0.4 is 5.32 Å². The SMILES string of the molecule is O=C(O)CSCC(=O)NC12CC3CC(CC(C3)C1)C2. The van der Waals surface area contributed by atoms with E-state index in [2.05, 4.69) is 5.32 Å². The maximum absolute atomic E-state index is 12.0. The first kappa shape index (κ1) is 13.3. The van der Waals surface area contributed by atoms with Crippen LogP contribution in [0.5, 0.6) is 0 Å². The summed E-state index contributed by atoms with van der Waals surface area (Å²) in [5, 5.41) is 11.8. The Bertz CT molecular complexity index is 361. The predicted molar refractivity (Wildman–Crippen MR) is 74.0 cm³/mol. The lowest BCUT2D eigenvalue weighted by Crippen LogP contribution is -2.60. The second kappa shape index (κ2) is 5.00. The number of rotatable bonds is 5. The van der Waals surface area contributed by atoms with Crippen molar-refractivity contribution in [3.63, 3.8) is 0 Å². The lowest BCUT2D eigenvalue weighted by Gasteiger charge is -2.56. The van der Waals surface area contributed by atoms with Crippen molar-refractivity contribution < 1.29 is 14.7 Å². The number of hydrogen-bond donors (Lipinski definition) is 2. The van der Waals surface area contributed by atoms with E-state index in [-0.39, 0.29) is 23.0 Å². The maximum Gasteiger partial charge on any atom is 0.313 e. The Morgan fingerprint density at radius 2 is 1.58 bits per heavy atom. The van der Waals surface area contributed by atoms with Crippen LogP contribution in [0.1, 0.15) is 38.5 Å². The molecule has 4 aliphatic rings. The van der Waals surface area contributed by atoms with Gasteiger partial charge in [-0.1, -0.05) is 0 Å². The smallest absolute Gasteiger partial charge is 0.313 e. The lowest BCUT2D eigenvalue weighted by atomic mass is 9.53. The molecule has 4 saturated carbocycles. The number of amides is 1. The summed E-state index contributed by atoms with van der Waals surface area (Å²) in [5.74, 6) is 1.90. The molecule has 0 aromatic carbocycles. The minimum atomic E-state index is -0.854. The summed E-state index contributed by atoms with van der Waals surface area (Å²) >= 11 is 1.19. The van der Waals surface area contributed by atoms with Crippen molar-refractivity contribution in [2.45, 2.75) is 44.1 Å². The molecule has 5 heteroatoms. The molecule has 4 nitrogen and oxygen atoms in total. The van der Waals surface area contributed by atoms with Gasteiger partial charge in [-0.15, -0.1) is 11.8 Å². The summed E-state index contributed by atoms with van der Waals surface area (Å²) in [5.41, 5.74) is 0.0512. The van der Waals surface area contributed by atoms with Crippen LogP contribution in [-0.4, -0.2) is 34.0 Å². The first-order chi connectivity index (χ1) is 9.05. The summed E-state index contributed by atoms with van der Waals surface area (Å²) in [6.07, 6.45) is 7.53. The van der Waals surface area contributed by atoms with Crippen molar-refractivity contribution in [2.75, 3.05) is 11.5 Å². The molecule has 106 valence electrons. The molecule has 19 heavy (non-hydrogen) atoms.